The van der Waals surface area contributed by atoms with Gasteiger partial charge in [-0.05, 0) is 30.4 Å². The van der Waals surface area contributed by atoms with Crippen LogP contribution in [0.4, 0.5) is 18.0 Å². The molecule has 1 saturated heterocycles. The van der Waals surface area contributed by atoms with Crippen LogP contribution in [0.1, 0.15) is 20.3 Å². The molecule has 0 spiro atoms. The number of rotatable bonds is 1. The van der Waals surface area contributed by atoms with Gasteiger partial charge in [-0.15, -0.1) is 0 Å². The third-order valence-corrected chi connectivity index (χ3v) is 4.45. The molecule has 0 radical (unpaired) electrons. The van der Waals surface area contributed by atoms with Gasteiger partial charge < -0.3 is 14.4 Å². The van der Waals surface area contributed by atoms with E-state index in [0.717, 1.165) is 6.42 Å². The van der Waals surface area contributed by atoms with Crippen LogP contribution in [0.25, 0.3) is 0 Å². The highest BCUT2D eigenvalue weighted by Gasteiger charge is 2.66. The van der Waals surface area contributed by atoms with Crippen LogP contribution in [0.3, 0.4) is 0 Å². The fraction of sp³-hybridized carbons (Fsp3) is 0.562. The third-order valence-electron chi connectivity index (χ3n) is 4.21. The van der Waals surface area contributed by atoms with E-state index in [1.54, 1.807) is 0 Å². The first-order valence-electron chi connectivity index (χ1n) is 7.91. The number of nitrogens with zero attached hydrogens (tertiary/aromatic N) is 1. The third kappa shape index (κ3) is 3.44. The van der Waals surface area contributed by atoms with Crippen LogP contribution in [-0.2, 0) is 0 Å². The molecule has 0 aliphatic carbocycles. The van der Waals surface area contributed by atoms with Gasteiger partial charge in [-0.1, -0.05) is 25.4 Å². The van der Waals surface area contributed by atoms with E-state index < -0.39 is 18.1 Å². The number of likely N-dealkylation sites (tertiary alicyclic amines) is 1. The maximum atomic E-state index is 13.6. The number of hydrogen-bond donors (Lipinski definition) is 1. The van der Waals surface area contributed by atoms with E-state index in [2.05, 4.69) is 0 Å². The molecule has 1 N–H and O–H groups in total. The lowest BCUT2D eigenvalue weighted by Crippen LogP contribution is -2.67. The second kappa shape index (κ2) is 6.16. The van der Waals surface area contributed by atoms with Gasteiger partial charge in [-0.25, -0.2) is 4.79 Å². The van der Waals surface area contributed by atoms with Crippen LogP contribution in [-0.4, -0.2) is 36.1 Å². The summed E-state index contributed by atoms with van der Waals surface area (Å²) in [6.07, 6.45) is -4.06. The summed E-state index contributed by atoms with van der Waals surface area (Å²) in [5.74, 6) is -3.16. The number of amides is 2. The molecular weight excluding hydrogens is 361 g/mol. The lowest BCUT2D eigenvalue weighted by molar-refractivity contribution is -0.318. The highest BCUT2D eigenvalue weighted by atomic mass is 35.5. The summed E-state index contributed by atoms with van der Waals surface area (Å²) in [5, 5.41) is 2.08. The largest absolute Gasteiger partial charge is 0.492 e. The Hall–Kier alpha value is -1.83. The minimum atomic E-state index is -4.98. The van der Waals surface area contributed by atoms with Crippen molar-refractivity contribution in [3.63, 3.8) is 0 Å². The maximum Gasteiger partial charge on any atom is 0.492 e. The summed E-state index contributed by atoms with van der Waals surface area (Å²) in [6.45, 7) is 4.66. The molecule has 5 nitrogen and oxygen atoms in total. The van der Waals surface area contributed by atoms with Gasteiger partial charge in [0, 0.05) is 24.2 Å². The molecule has 138 valence electrons. The van der Waals surface area contributed by atoms with Gasteiger partial charge in [0.15, 0.2) is 11.5 Å². The van der Waals surface area contributed by atoms with Crippen molar-refractivity contribution in [3.8, 4) is 11.5 Å². The van der Waals surface area contributed by atoms with Crippen LogP contribution in [0.5, 0.6) is 11.5 Å². The van der Waals surface area contributed by atoms with Crippen LogP contribution in [0.15, 0.2) is 18.2 Å². The number of hydrogen-bond acceptors (Lipinski definition) is 3. The summed E-state index contributed by atoms with van der Waals surface area (Å²) in [5.41, 5.74) is 0. The summed E-state index contributed by atoms with van der Waals surface area (Å²) in [7, 11) is 0. The Kier molecular flexibility index (Phi) is 4.43. The van der Waals surface area contributed by atoms with E-state index in [9.17, 15) is 18.0 Å². The van der Waals surface area contributed by atoms with Crippen LogP contribution < -0.4 is 14.8 Å². The number of ether oxygens (including phenoxy) is 2. The van der Waals surface area contributed by atoms with E-state index in [1.807, 2.05) is 19.2 Å². The van der Waals surface area contributed by atoms with Gasteiger partial charge in [-0.2, -0.15) is 13.2 Å². The van der Waals surface area contributed by atoms with Crippen molar-refractivity contribution in [1.82, 2.24) is 10.2 Å². The quantitative estimate of drug-likeness (QED) is 0.803. The fourth-order valence-corrected chi connectivity index (χ4v) is 3.42. The molecule has 0 aromatic heterocycles. The Labute approximate surface area is 148 Å². The van der Waals surface area contributed by atoms with Gasteiger partial charge in [0.1, 0.15) is 0 Å². The summed E-state index contributed by atoms with van der Waals surface area (Å²) >= 11 is 5.78. The molecule has 2 aliphatic heterocycles. The second-order valence-corrected chi connectivity index (χ2v) is 7.13. The Morgan fingerprint density at radius 1 is 1.24 bits per heavy atom. The molecule has 9 heteroatoms. The molecule has 1 fully saturated rings. The van der Waals surface area contributed by atoms with Crippen LogP contribution in [0, 0.1) is 11.8 Å². The smallest absolute Gasteiger partial charge is 0.424 e. The second-order valence-electron chi connectivity index (χ2n) is 6.69. The fourth-order valence-electron chi connectivity index (χ4n) is 3.26. The van der Waals surface area contributed by atoms with Gasteiger partial charge in [0.2, 0.25) is 0 Å². The number of halogens is 4. The van der Waals surface area contributed by atoms with Gasteiger partial charge in [-0.3, -0.25) is 5.32 Å². The molecule has 2 amide bonds. The van der Waals surface area contributed by atoms with Crippen molar-refractivity contribution < 1.29 is 27.4 Å². The zero-order valence-corrected chi connectivity index (χ0v) is 14.4. The number of carbonyl (C=O) groups excluding carboxylic acids is 1. The van der Waals surface area contributed by atoms with Crippen molar-refractivity contribution in [2.24, 2.45) is 11.8 Å². The molecule has 25 heavy (non-hydrogen) atoms. The SMILES string of the molecule is C[C@@H]1C[C@H](C)CN(C(=O)N[C@]2(C(F)(F)F)Oc3ccc(Cl)cc3O2)C1. The first kappa shape index (κ1) is 18.0. The lowest BCUT2D eigenvalue weighted by Gasteiger charge is -2.37. The highest BCUT2D eigenvalue weighted by Crippen LogP contribution is 2.46. The van der Waals surface area contributed by atoms with Crippen molar-refractivity contribution in [2.75, 3.05) is 13.1 Å². The Bertz CT molecular complexity index is 675. The predicted octanol–water partition coefficient (Wildman–Crippen LogP) is 4.01. The predicted molar refractivity (Wildman–Crippen MR) is 84.5 cm³/mol. The standard InChI is InChI=1S/C16H18ClF3N2O3/c1-9-5-10(2)8-22(7-9)14(23)21-16(15(18,19)20)24-12-4-3-11(17)6-13(12)25-16/h3-4,6,9-10H,5,7-8H2,1-2H3,(H,21,23)/t9-,10+,16-/m1/s1. The zero-order chi connectivity index (χ0) is 18.4. The normalized spacial score (nSPS) is 28.8. The van der Waals surface area contributed by atoms with E-state index in [0.29, 0.717) is 13.1 Å². The maximum absolute atomic E-state index is 13.6. The first-order chi connectivity index (χ1) is 11.6. The average Bonchev–Trinajstić information content (AvgIpc) is 2.84. The number of alkyl halides is 3. The summed E-state index contributed by atoms with van der Waals surface area (Å²) in [6, 6.07) is 2.98. The van der Waals surface area contributed by atoms with E-state index in [1.165, 1.54) is 23.1 Å². The van der Waals surface area contributed by atoms with Crippen molar-refractivity contribution in [3.05, 3.63) is 23.2 Å². The number of urea groups is 1. The number of carbonyl (C=O) groups is 1. The van der Waals surface area contributed by atoms with Gasteiger partial charge >= 0.3 is 18.1 Å². The zero-order valence-electron chi connectivity index (χ0n) is 13.7. The number of nitrogens with one attached hydrogen (secondary N) is 1. The first-order valence-corrected chi connectivity index (χ1v) is 8.29. The molecule has 2 heterocycles. The Morgan fingerprint density at radius 3 is 2.44 bits per heavy atom. The van der Waals surface area contributed by atoms with Crippen molar-refractivity contribution >= 4 is 17.6 Å². The minimum Gasteiger partial charge on any atom is -0.424 e. The molecule has 1 aromatic rings. The molecular formula is C16H18ClF3N2O3. The molecule has 3 atom stereocenters. The van der Waals surface area contributed by atoms with E-state index in [4.69, 9.17) is 21.1 Å². The molecule has 3 rings (SSSR count). The summed E-state index contributed by atoms with van der Waals surface area (Å²) < 4.78 is 50.9. The molecule has 0 bridgehead atoms. The van der Waals surface area contributed by atoms with Crippen molar-refractivity contribution in [1.29, 1.82) is 0 Å². The highest BCUT2D eigenvalue weighted by molar-refractivity contribution is 6.30. The number of benzene rings is 1. The summed E-state index contributed by atoms with van der Waals surface area (Å²) in [4.78, 5) is 13.8. The topological polar surface area (TPSA) is 50.8 Å². The Morgan fingerprint density at radius 2 is 1.84 bits per heavy atom. The van der Waals surface area contributed by atoms with Gasteiger partial charge in [0.05, 0.1) is 0 Å². The number of piperidine rings is 1. The average molecular weight is 379 g/mol. The van der Waals surface area contributed by atoms with Crippen LogP contribution >= 0.6 is 11.6 Å². The molecule has 1 aromatic carbocycles. The monoisotopic (exact) mass is 378 g/mol. The van der Waals surface area contributed by atoms with E-state index in [-0.39, 0.29) is 28.4 Å². The lowest BCUT2D eigenvalue weighted by atomic mass is 9.92. The molecule has 2 aliphatic rings. The molecule has 0 unspecified atom stereocenters. The molecule has 0 saturated carbocycles. The minimum absolute atomic E-state index is 0.137. The van der Waals surface area contributed by atoms with Crippen molar-refractivity contribution in [2.45, 2.75) is 32.4 Å². The van der Waals surface area contributed by atoms with Gasteiger partial charge in [0.25, 0.3) is 0 Å². The van der Waals surface area contributed by atoms with E-state index >= 15 is 0 Å². The Balaban J connectivity index is 1.83. The van der Waals surface area contributed by atoms with Crippen LogP contribution in [0.2, 0.25) is 5.02 Å². The number of fused-ring (bicyclic) bond motifs is 1.